The third kappa shape index (κ3) is 1.56. The highest BCUT2D eigenvalue weighted by atomic mass is 16.5. The summed E-state index contributed by atoms with van der Waals surface area (Å²) in [5.74, 6) is 0.250. The van der Waals surface area contributed by atoms with Crippen LogP contribution >= 0.6 is 0 Å². The molecule has 0 bridgehead atoms. The van der Waals surface area contributed by atoms with Crippen molar-refractivity contribution in [1.82, 2.24) is 0 Å². The minimum Gasteiger partial charge on any atom is -0.496 e. The zero-order valence-electron chi connectivity index (χ0n) is 7.13. The van der Waals surface area contributed by atoms with E-state index in [1.807, 2.05) is 6.92 Å². The quantitative estimate of drug-likeness (QED) is 0.713. The summed E-state index contributed by atoms with van der Waals surface area (Å²) in [6.07, 6.45) is 0. The zero-order chi connectivity index (χ0) is 9.14. The molecule has 0 aromatic heterocycles. The van der Waals surface area contributed by atoms with E-state index < -0.39 is 5.91 Å². The Morgan fingerprint density at radius 2 is 2.17 bits per heavy atom. The summed E-state index contributed by atoms with van der Waals surface area (Å²) in [4.78, 5) is 10.7. The van der Waals surface area contributed by atoms with E-state index in [1.54, 1.807) is 25.3 Å². The number of hydrogen-bond acceptors (Lipinski definition) is 2. The van der Waals surface area contributed by atoms with Gasteiger partial charge in [0.25, 0.3) is 0 Å². The number of amides is 1. The Labute approximate surface area is 71.1 Å². The second kappa shape index (κ2) is 3.26. The fourth-order valence-electron chi connectivity index (χ4n) is 0.973. The molecule has 2 N–H and O–H groups in total. The van der Waals surface area contributed by atoms with Crippen molar-refractivity contribution in [3.05, 3.63) is 29.3 Å². The third-order valence-electron chi connectivity index (χ3n) is 1.69. The third-order valence-corrected chi connectivity index (χ3v) is 1.69. The minimum atomic E-state index is -0.437. The van der Waals surface area contributed by atoms with E-state index in [2.05, 4.69) is 0 Å². The molecule has 3 heteroatoms. The van der Waals surface area contributed by atoms with Crippen LogP contribution in [0.4, 0.5) is 0 Å². The van der Waals surface area contributed by atoms with Gasteiger partial charge >= 0.3 is 0 Å². The van der Waals surface area contributed by atoms with Gasteiger partial charge in [-0.05, 0) is 24.6 Å². The first kappa shape index (κ1) is 8.59. The molecule has 0 atom stereocenters. The second-order valence-corrected chi connectivity index (χ2v) is 2.55. The fourth-order valence-corrected chi connectivity index (χ4v) is 0.973. The molecule has 0 saturated carbocycles. The summed E-state index contributed by atoms with van der Waals surface area (Å²) < 4.78 is 5.03. The number of nitrogens with two attached hydrogens (primary N) is 1. The minimum absolute atomic E-state index is 0.437. The lowest BCUT2D eigenvalue weighted by atomic mass is 10.1. The molecule has 0 aliphatic carbocycles. The van der Waals surface area contributed by atoms with Gasteiger partial charge in [-0.25, -0.2) is 0 Å². The Balaban J connectivity index is 3.13. The maximum Gasteiger partial charge on any atom is 0.248 e. The van der Waals surface area contributed by atoms with Crippen molar-refractivity contribution >= 4 is 5.91 Å². The molecule has 0 aliphatic heterocycles. The van der Waals surface area contributed by atoms with E-state index in [0.29, 0.717) is 11.3 Å². The van der Waals surface area contributed by atoms with Gasteiger partial charge in [-0.15, -0.1) is 0 Å². The molecule has 0 aliphatic rings. The standard InChI is InChI=1S/C9H11NO2/c1-6-3-4-7(9(10)11)5-8(6)12-2/h3-5H,1-2H3,(H2,10,11). The highest BCUT2D eigenvalue weighted by molar-refractivity contribution is 5.93. The average molecular weight is 165 g/mol. The van der Waals surface area contributed by atoms with Crippen LogP contribution in [-0.2, 0) is 0 Å². The van der Waals surface area contributed by atoms with Crippen LogP contribution in [0.15, 0.2) is 18.2 Å². The number of carbonyl (C=O) groups excluding carboxylic acids is 1. The van der Waals surface area contributed by atoms with Crippen LogP contribution in [0.3, 0.4) is 0 Å². The molecule has 0 spiro atoms. The molecule has 1 amide bonds. The Morgan fingerprint density at radius 3 is 2.67 bits per heavy atom. The van der Waals surface area contributed by atoms with Crippen LogP contribution in [0.25, 0.3) is 0 Å². The number of methoxy groups -OCH3 is 1. The number of ether oxygens (including phenoxy) is 1. The molecule has 0 saturated heterocycles. The molecule has 0 unspecified atom stereocenters. The molecule has 0 radical (unpaired) electrons. The van der Waals surface area contributed by atoms with Crippen LogP contribution in [-0.4, -0.2) is 13.0 Å². The lowest BCUT2D eigenvalue weighted by Gasteiger charge is -2.04. The molecular weight excluding hydrogens is 154 g/mol. The number of carbonyl (C=O) groups is 1. The summed E-state index contributed by atoms with van der Waals surface area (Å²) in [6.45, 7) is 1.91. The number of hydrogen-bond donors (Lipinski definition) is 1. The lowest BCUT2D eigenvalue weighted by Crippen LogP contribution is -2.10. The van der Waals surface area contributed by atoms with Crippen molar-refractivity contribution in [1.29, 1.82) is 0 Å². The second-order valence-electron chi connectivity index (χ2n) is 2.55. The molecule has 64 valence electrons. The molecule has 0 fully saturated rings. The van der Waals surface area contributed by atoms with Gasteiger partial charge in [0, 0.05) is 5.56 Å². The highest BCUT2D eigenvalue weighted by Gasteiger charge is 2.03. The van der Waals surface area contributed by atoms with Crippen LogP contribution in [0.1, 0.15) is 15.9 Å². The monoisotopic (exact) mass is 165 g/mol. The van der Waals surface area contributed by atoms with E-state index >= 15 is 0 Å². The molecule has 1 aromatic carbocycles. The number of primary amides is 1. The van der Waals surface area contributed by atoms with Crippen molar-refractivity contribution in [3.8, 4) is 5.75 Å². The van der Waals surface area contributed by atoms with Gasteiger partial charge in [-0.1, -0.05) is 6.07 Å². The molecule has 0 heterocycles. The smallest absolute Gasteiger partial charge is 0.248 e. The molecule has 1 aromatic rings. The van der Waals surface area contributed by atoms with Crippen LogP contribution in [0.5, 0.6) is 5.75 Å². The summed E-state index contributed by atoms with van der Waals surface area (Å²) in [7, 11) is 1.56. The van der Waals surface area contributed by atoms with Crippen LogP contribution in [0.2, 0.25) is 0 Å². The average Bonchev–Trinajstić information content (AvgIpc) is 2.05. The van der Waals surface area contributed by atoms with Crippen molar-refractivity contribution < 1.29 is 9.53 Å². The van der Waals surface area contributed by atoms with Crippen molar-refractivity contribution in [2.45, 2.75) is 6.92 Å². The molecule has 3 nitrogen and oxygen atoms in total. The Morgan fingerprint density at radius 1 is 1.50 bits per heavy atom. The summed E-state index contributed by atoms with van der Waals surface area (Å²) in [6, 6.07) is 5.12. The van der Waals surface area contributed by atoms with E-state index in [4.69, 9.17) is 10.5 Å². The largest absolute Gasteiger partial charge is 0.496 e. The Kier molecular flexibility index (Phi) is 2.33. The van der Waals surface area contributed by atoms with Gasteiger partial charge in [0.2, 0.25) is 5.91 Å². The highest BCUT2D eigenvalue weighted by Crippen LogP contribution is 2.18. The fraction of sp³-hybridized carbons (Fsp3) is 0.222. The molecule has 12 heavy (non-hydrogen) atoms. The Hall–Kier alpha value is -1.51. The Bertz CT molecular complexity index is 307. The van der Waals surface area contributed by atoms with Crippen molar-refractivity contribution in [2.75, 3.05) is 7.11 Å². The van der Waals surface area contributed by atoms with E-state index in [0.717, 1.165) is 5.56 Å². The number of rotatable bonds is 2. The summed E-state index contributed by atoms with van der Waals surface area (Å²) in [5, 5.41) is 0. The van der Waals surface area contributed by atoms with Crippen molar-refractivity contribution in [2.24, 2.45) is 5.73 Å². The van der Waals surface area contributed by atoms with Gasteiger partial charge in [-0.3, -0.25) is 4.79 Å². The van der Waals surface area contributed by atoms with Gasteiger partial charge < -0.3 is 10.5 Å². The number of aryl methyl sites for hydroxylation is 1. The van der Waals surface area contributed by atoms with Gasteiger partial charge in [0.1, 0.15) is 5.75 Å². The van der Waals surface area contributed by atoms with E-state index in [9.17, 15) is 4.79 Å². The normalized spacial score (nSPS) is 9.50. The van der Waals surface area contributed by atoms with Gasteiger partial charge in [0.05, 0.1) is 7.11 Å². The number of benzene rings is 1. The van der Waals surface area contributed by atoms with Crippen LogP contribution in [0, 0.1) is 6.92 Å². The first-order valence-corrected chi connectivity index (χ1v) is 3.59. The first-order chi connectivity index (χ1) is 5.65. The van der Waals surface area contributed by atoms with E-state index in [-0.39, 0.29) is 0 Å². The maximum absolute atomic E-state index is 10.7. The van der Waals surface area contributed by atoms with Crippen LogP contribution < -0.4 is 10.5 Å². The SMILES string of the molecule is COc1cc(C(N)=O)ccc1C. The zero-order valence-corrected chi connectivity index (χ0v) is 7.13. The molecule has 1 rings (SSSR count). The topological polar surface area (TPSA) is 52.3 Å². The molecular formula is C9H11NO2. The maximum atomic E-state index is 10.7. The predicted octanol–water partition coefficient (Wildman–Crippen LogP) is 1.10. The predicted molar refractivity (Wildman–Crippen MR) is 46.2 cm³/mol. The van der Waals surface area contributed by atoms with Gasteiger partial charge in [-0.2, -0.15) is 0 Å². The lowest BCUT2D eigenvalue weighted by molar-refractivity contribution is 0.1000. The van der Waals surface area contributed by atoms with Crippen molar-refractivity contribution in [3.63, 3.8) is 0 Å². The van der Waals surface area contributed by atoms with E-state index in [1.165, 1.54) is 0 Å². The summed E-state index contributed by atoms with van der Waals surface area (Å²) >= 11 is 0. The first-order valence-electron chi connectivity index (χ1n) is 3.59. The van der Waals surface area contributed by atoms with Gasteiger partial charge in [0.15, 0.2) is 0 Å². The summed E-state index contributed by atoms with van der Waals surface area (Å²) in [5.41, 5.74) is 6.55.